The minimum atomic E-state index is -0.0663. The van der Waals surface area contributed by atoms with Gasteiger partial charge < -0.3 is 16.1 Å². The maximum absolute atomic E-state index is 12.2. The molecule has 4 N–H and O–H groups in total. The van der Waals surface area contributed by atoms with Crippen molar-refractivity contribution < 1.29 is 4.79 Å². The smallest absolute Gasteiger partial charge is 0.270 e. The molecule has 3 aliphatic rings. The van der Waals surface area contributed by atoms with Crippen LogP contribution in [0.3, 0.4) is 0 Å². The largest absolute Gasteiger partial charge is 0.380 e. The van der Waals surface area contributed by atoms with E-state index in [1.807, 2.05) is 18.2 Å². The molecular weight excluding hydrogens is 266 g/mol. The fourth-order valence-electron chi connectivity index (χ4n) is 3.25. The second kappa shape index (κ2) is 5.05. The molecule has 0 bridgehead atoms. The van der Waals surface area contributed by atoms with Crippen molar-refractivity contribution in [3.63, 3.8) is 0 Å². The zero-order chi connectivity index (χ0) is 14.2. The number of hydrazine groups is 1. The van der Waals surface area contributed by atoms with Crippen LogP contribution in [0.15, 0.2) is 23.9 Å². The standard InChI is InChI=1S/C15H19N5O/c21-15-10-2-1-3-12-14(10)11(8-17-12)13(18-19-15)9-20-6-4-16-5-7-20/h1-3,16-18H,4-9H2,(H,19,21). The Bertz CT molecular complexity index is 618. The molecule has 0 spiro atoms. The third-order valence-corrected chi connectivity index (χ3v) is 4.35. The molecule has 6 heteroatoms. The van der Waals surface area contributed by atoms with Gasteiger partial charge in [0.25, 0.3) is 5.91 Å². The van der Waals surface area contributed by atoms with E-state index in [1.54, 1.807) is 0 Å². The van der Waals surface area contributed by atoms with Gasteiger partial charge in [-0.15, -0.1) is 0 Å². The minimum absolute atomic E-state index is 0.0663. The van der Waals surface area contributed by atoms with Crippen LogP contribution < -0.4 is 21.5 Å². The van der Waals surface area contributed by atoms with Gasteiger partial charge in [-0.1, -0.05) is 6.07 Å². The highest BCUT2D eigenvalue weighted by Gasteiger charge is 2.29. The Labute approximate surface area is 123 Å². The van der Waals surface area contributed by atoms with Gasteiger partial charge >= 0.3 is 0 Å². The van der Waals surface area contributed by atoms with E-state index in [0.717, 1.165) is 61.8 Å². The molecule has 0 radical (unpaired) electrons. The van der Waals surface area contributed by atoms with Gasteiger partial charge in [-0.2, -0.15) is 0 Å². The van der Waals surface area contributed by atoms with Crippen molar-refractivity contribution in [3.05, 3.63) is 35.0 Å². The van der Waals surface area contributed by atoms with E-state index in [-0.39, 0.29) is 5.91 Å². The second-order valence-corrected chi connectivity index (χ2v) is 5.64. The first-order valence-electron chi connectivity index (χ1n) is 7.41. The van der Waals surface area contributed by atoms with Crippen LogP contribution in [-0.4, -0.2) is 50.1 Å². The molecule has 1 fully saturated rings. The number of amides is 1. The summed E-state index contributed by atoms with van der Waals surface area (Å²) in [6.45, 7) is 5.73. The topological polar surface area (TPSA) is 68.4 Å². The lowest BCUT2D eigenvalue weighted by Crippen LogP contribution is -2.47. The number of piperazine rings is 1. The van der Waals surface area contributed by atoms with E-state index in [4.69, 9.17) is 0 Å². The van der Waals surface area contributed by atoms with Gasteiger partial charge in [0.15, 0.2) is 0 Å². The molecule has 0 aromatic heterocycles. The monoisotopic (exact) mass is 285 g/mol. The third kappa shape index (κ3) is 2.16. The summed E-state index contributed by atoms with van der Waals surface area (Å²) >= 11 is 0. The summed E-state index contributed by atoms with van der Waals surface area (Å²) in [6.07, 6.45) is 0. The van der Waals surface area contributed by atoms with Crippen molar-refractivity contribution in [3.8, 4) is 0 Å². The molecule has 6 nitrogen and oxygen atoms in total. The summed E-state index contributed by atoms with van der Waals surface area (Å²) < 4.78 is 0. The van der Waals surface area contributed by atoms with Crippen molar-refractivity contribution in [2.75, 3.05) is 44.6 Å². The Balaban J connectivity index is 1.71. The van der Waals surface area contributed by atoms with Gasteiger partial charge in [0.2, 0.25) is 0 Å². The normalized spacial score (nSPS) is 21.2. The van der Waals surface area contributed by atoms with Crippen LogP contribution in [0.5, 0.6) is 0 Å². The van der Waals surface area contributed by atoms with Gasteiger partial charge in [0, 0.05) is 56.1 Å². The Morgan fingerprint density at radius 3 is 2.86 bits per heavy atom. The molecule has 0 saturated carbocycles. The van der Waals surface area contributed by atoms with E-state index < -0.39 is 0 Å². The first-order valence-corrected chi connectivity index (χ1v) is 7.41. The molecule has 4 rings (SSSR count). The van der Waals surface area contributed by atoms with Crippen molar-refractivity contribution in [2.45, 2.75) is 0 Å². The number of hydrogen-bond acceptors (Lipinski definition) is 5. The van der Waals surface area contributed by atoms with Gasteiger partial charge in [-0.3, -0.25) is 15.1 Å². The Kier molecular flexibility index (Phi) is 3.05. The molecule has 21 heavy (non-hydrogen) atoms. The first kappa shape index (κ1) is 12.7. The molecule has 0 aliphatic carbocycles. The lowest BCUT2D eigenvalue weighted by molar-refractivity contribution is 0.0938. The summed E-state index contributed by atoms with van der Waals surface area (Å²) in [7, 11) is 0. The summed E-state index contributed by atoms with van der Waals surface area (Å²) in [5, 5.41) is 6.75. The lowest BCUT2D eigenvalue weighted by Gasteiger charge is -2.28. The number of benzene rings is 1. The molecule has 1 saturated heterocycles. The van der Waals surface area contributed by atoms with E-state index in [0.29, 0.717) is 0 Å². The van der Waals surface area contributed by atoms with Crippen LogP contribution in [0.2, 0.25) is 0 Å². The SMILES string of the molecule is O=C1NNC(CN2CCNCC2)=C2CNc3cccc1c32. The highest BCUT2D eigenvalue weighted by molar-refractivity contribution is 6.05. The average Bonchev–Trinajstić information content (AvgIpc) is 2.90. The number of rotatable bonds is 2. The number of nitrogens with one attached hydrogen (secondary N) is 4. The molecule has 1 aromatic rings. The zero-order valence-corrected chi connectivity index (χ0v) is 11.8. The van der Waals surface area contributed by atoms with Gasteiger partial charge in [0.05, 0.1) is 11.3 Å². The van der Waals surface area contributed by atoms with Gasteiger partial charge in [-0.25, -0.2) is 0 Å². The molecule has 3 aliphatic heterocycles. The van der Waals surface area contributed by atoms with Crippen LogP contribution in [0.4, 0.5) is 5.69 Å². The summed E-state index contributed by atoms with van der Waals surface area (Å²) in [5.41, 5.74) is 11.1. The molecule has 3 heterocycles. The van der Waals surface area contributed by atoms with Crippen LogP contribution in [0.1, 0.15) is 15.9 Å². The zero-order valence-electron chi connectivity index (χ0n) is 11.8. The molecule has 1 amide bonds. The van der Waals surface area contributed by atoms with Crippen LogP contribution in [0, 0.1) is 0 Å². The quantitative estimate of drug-likeness (QED) is 0.615. The number of carbonyl (C=O) groups is 1. The summed E-state index contributed by atoms with van der Waals surface area (Å²) in [5.74, 6) is -0.0663. The second-order valence-electron chi connectivity index (χ2n) is 5.64. The molecule has 0 atom stereocenters. The number of carbonyl (C=O) groups excluding carboxylic acids is 1. The van der Waals surface area contributed by atoms with E-state index in [1.165, 1.54) is 5.57 Å². The van der Waals surface area contributed by atoms with Crippen molar-refractivity contribution in [2.24, 2.45) is 0 Å². The maximum atomic E-state index is 12.2. The van der Waals surface area contributed by atoms with E-state index >= 15 is 0 Å². The Hall–Kier alpha value is -2.05. The van der Waals surface area contributed by atoms with Crippen LogP contribution in [-0.2, 0) is 0 Å². The molecule has 1 aromatic carbocycles. The van der Waals surface area contributed by atoms with Crippen LogP contribution in [0.25, 0.3) is 5.57 Å². The van der Waals surface area contributed by atoms with Crippen molar-refractivity contribution >= 4 is 17.2 Å². The van der Waals surface area contributed by atoms with Gasteiger partial charge in [0.1, 0.15) is 0 Å². The molecule has 0 unspecified atom stereocenters. The van der Waals surface area contributed by atoms with Crippen molar-refractivity contribution in [1.82, 2.24) is 21.1 Å². The Morgan fingerprint density at radius 1 is 1.14 bits per heavy atom. The van der Waals surface area contributed by atoms with Crippen LogP contribution >= 0.6 is 0 Å². The number of anilines is 1. The van der Waals surface area contributed by atoms with Crippen molar-refractivity contribution in [1.29, 1.82) is 0 Å². The first-order chi connectivity index (χ1) is 10.3. The average molecular weight is 285 g/mol. The Morgan fingerprint density at radius 2 is 2.00 bits per heavy atom. The highest BCUT2D eigenvalue weighted by atomic mass is 16.2. The summed E-state index contributed by atoms with van der Waals surface area (Å²) in [6, 6.07) is 5.84. The minimum Gasteiger partial charge on any atom is -0.380 e. The summed E-state index contributed by atoms with van der Waals surface area (Å²) in [4.78, 5) is 14.6. The molecular formula is C15H19N5O. The number of nitrogens with zero attached hydrogens (tertiary/aromatic N) is 1. The van der Waals surface area contributed by atoms with Gasteiger partial charge in [-0.05, 0) is 12.1 Å². The maximum Gasteiger partial charge on any atom is 0.270 e. The predicted molar refractivity (Wildman–Crippen MR) is 81.8 cm³/mol. The fourth-order valence-corrected chi connectivity index (χ4v) is 3.25. The highest BCUT2D eigenvalue weighted by Crippen LogP contribution is 2.36. The molecule has 110 valence electrons. The van der Waals surface area contributed by atoms with E-state index in [2.05, 4.69) is 26.4 Å². The fraction of sp³-hybridized carbons (Fsp3) is 0.400. The lowest BCUT2D eigenvalue weighted by atomic mass is 9.99. The number of hydrogen-bond donors (Lipinski definition) is 4. The predicted octanol–water partition coefficient (Wildman–Crippen LogP) is -0.0236. The van der Waals surface area contributed by atoms with E-state index in [9.17, 15) is 4.79 Å². The third-order valence-electron chi connectivity index (χ3n) is 4.35.